The molecule has 0 aliphatic rings. The summed E-state index contributed by atoms with van der Waals surface area (Å²) in [5, 5.41) is 1.27. The molecule has 19 heavy (non-hydrogen) atoms. The first-order chi connectivity index (χ1) is 9.22. The van der Waals surface area contributed by atoms with Gasteiger partial charge in [-0.3, -0.25) is 4.57 Å². The Morgan fingerprint density at radius 3 is 2.26 bits per heavy atom. The van der Waals surface area contributed by atoms with Crippen LogP contribution in [-0.2, 0) is 9.09 Å². The van der Waals surface area contributed by atoms with E-state index < -0.39 is 7.37 Å². The van der Waals surface area contributed by atoms with Crippen molar-refractivity contribution in [2.45, 2.75) is 6.92 Å². The summed E-state index contributed by atoms with van der Waals surface area (Å²) in [7, 11) is -1.63. The molecule has 2 rings (SSSR count). The minimum absolute atomic E-state index is 0.523. The van der Waals surface area contributed by atoms with E-state index in [1.54, 1.807) is 6.07 Å². The second kappa shape index (κ2) is 6.05. The monoisotopic (exact) mass is 276 g/mol. The maximum absolute atomic E-state index is 13.2. The van der Waals surface area contributed by atoms with Crippen LogP contribution in [0, 0.1) is 0 Å². The van der Waals surface area contributed by atoms with Crippen molar-refractivity contribution in [3.63, 3.8) is 0 Å². The van der Waals surface area contributed by atoms with Crippen molar-refractivity contribution in [1.29, 1.82) is 0 Å². The average Bonchev–Trinajstić information content (AvgIpc) is 2.48. The lowest BCUT2D eigenvalue weighted by atomic mass is 10.3. The average molecular weight is 276 g/mol. The highest BCUT2D eigenvalue weighted by molar-refractivity contribution is 7.74. The third-order valence-corrected chi connectivity index (χ3v) is 5.33. The summed E-state index contributed by atoms with van der Waals surface area (Å²) >= 11 is 0. The number of rotatable bonds is 5. The molecule has 0 fully saturated rings. The van der Waals surface area contributed by atoms with Crippen molar-refractivity contribution in [2.24, 2.45) is 0 Å². The van der Waals surface area contributed by atoms with Gasteiger partial charge in [0.15, 0.2) is 0 Å². The molecule has 1 unspecified atom stereocenters. The Balaban J connectivity index is 2.57. The van der Waals surface area contributed by atoms with Gasteiger partial charge in [-0.1, -0.05) is 30.3 Å². The smallest absolute Gasteiger partial charge is 0.264 e. The van der Waals surface area contributed by atoms with Crippen LogP contribution in [0.3, 0.4) is 0 Å². The lowest BCUT2D eigenvalue weighted by molar-refractivity contribution is 0.341. The SMILES string of the molecule is CCOc1ccccc1P(=O)(OC)c1ccccc1. The first-order valence-corrected chi connectivity index (χ1v) is 7.78. The van der Waals surface area contributed by atoms with Crippen molar-refractivity contribution < 1.29 is 13.8 Å². The van der Waals surface area contributed by atoms with Crippen LogP contribution in [0.15, 0.2) is 54.6 Å². The van der Waals surface area contributed by atoms with Gasteiger partial charge in [-0.25, -0.2) is 0 Å². The fourth-order valence-electron chi connectivity index (χ4n) is 1.95. The van der Waals surface area contributed by atoms with Gasteiger partial charge in [-0.15, -0.1) is 0 Å². The molecule has 0 N–H and O–H groups in total. The zero-order valence-electron chi connectivity index (χ0n) is 11.1. The predicted octanol–water partition coefficient (Wildman–Crippen LogP) is 2.96. The minimum atomic E-state index is -3.10. The van der Waals surface area contributed by atoms with Crippen LogP contribution in [0.1, 0.15) is 6.92 Å². The molecule has 0 saturated heterocycles. The van der Waals surface area contributed by atoms with Crippen molar-refractivity contribution in [3.05, 3.63) is 54.6 Å². The Morgan fingerprint density at radius 1 is 1.00 bits per heavy atom. The number of benzene rings is 2. The van der Waals surface area contributed by atoms with Crippen molar-refractivity contribution >= 4 is 18.0 Å². The van der Waals surface area contributed by atoms with Crippen LogP contribution in [0.5, 0.6) is 5.75 Å². The van der Waals surface area contributed by atoms with E-state index in [0.29, 0.717) is 23.0 Å². The van der Waals surface area contributed by atoms with Gasteiger partial charge >= 0.3 is 0 Å². The molecule has 2 aromatic carbocycles. The summed E-state index contributed by atoms with van der Waals surface area (Å²) in [6, 6.07) is 16.5. The van der Waals surface area contributed by atoms with Gasteiger partial charge < -0.3 is 9.26 Å². The van der Waals surface area contributed by atoms with E-state index in [-0.39, 0.29) is 0 Å². The quantitative estimate of drug-likeness (QED) is 0.788. The molecule has 0 saturated carbocycles. The van der Waals surface area contributed by atoms with Crippen LogP contribution in [-0.4, -0.2) is 13.7 Å². The highest BCUT2D eigenvalue weighted by atomic mass is 31.2. The molecule has 0 aliphatic heterocycles. The first kappa shape index (κ1) is 13.9. The van der Waals surface area contributed by atoms with Gasteiger partial charge in [0.1, 0.15) is 5.75 Å². The van der Waals surface area contributed by atoms with Crippen LogP contribution in [0.4, 0.5) is 0 Å². The minimum Gasteiger partial charge on any atom is -0.493 e. The van der Waals surface area contributed by atoms with E-state index in [9.17, 15) is 4.57 Å². The Labute approximate surface area is 113 Å². The Hall–Kier alpha value is -1.57. The molecule has 0 bridgehead atoms. The van der Waals surface area contributed by atoms with Crippen LogP contribution in [0.25, 0.3) is 0 Å². The lowest BCUT2D eigenvalue weighted by Crippen LogP contribution is -2.19. The summed E-state index contributed by atoms with van der Waals surface area (Å²) in [5.74, 6) is 0.610. The van der Waals surface area contributed by atoms with Gasteiger partial charge in [-0.2, -0.15) is 0 Å². The summed E-state index contributed by atoms with van der Waals surface area (Å²) in [4.78, 5) is 0. The van der Waals surface area contributed by atoms with Crippen LogP contribution in [0.2, 0.25) is 0 Å². The molecule has 1 atom stereocenters. The molecule has 0 amide bonds. The van der Waals surface area contributed by atoms with E-state index in [4.69, 9.17) is 9.26 Å². The molecule has 100 valence electrons. The van der Waals surface area contributed by atoms with Gasteiger partial charge in [-0.05, 0) is 31.2 Å². The number of hydrogen-bond acceptors (Lipinski definition) is 3. The summed E-state index contributed by atoms with van der Waals surface area (Å²) in [6.45, 7) is 2.42. The molecule has 0 aliphatic carbocycles. The molecule has 0 aromatic heterocycles. The Morgan fingerprint density at radius 2 is 1.63 bits per heavy atom. The van der Waals surface area contributed by atoms with Crippen molar-refractivity contribution in [2.75, 3.05) is 13.7 Å². The molecule has 3 nitrogen and oxygen atoms in total. The number of hydrogen-bond donors (Lipinski definition) is 0. The van der Waals surface area contributed by atoms with E-state index in [0.717, 1.165) is 0 Å². The standard InChI is InChI=1S/C15H17O3P/c1-3-18-14-11-7-8-12-15(14)19(16,17-2)13-9-5-4-6-10-13/h4-12H,3H2,1-2H3. The second-order valence-electron chi connectivity index (χ2n) is 3.97. The van der Waals surface area contributed by atoms with Crippen molar-refractivity contribution in [1.82, 2.24) is 0 Å². The zero-order chi connectivity index (χ0) is 13.7. The normalized spacial score (nSPS) is 13.8. The third-order valence-electron chi connectivity index (χ3n) is 2.84. The summed E-state index contributed by atoms with van der Waals surface area (Å²) in [5.41, 5.74) is 0. The van der Waals surface area contributed by atoms with E-state index in [1.165, 1.54) is 7.11 Å². The Bertz CT molecular complexity index is 581. The Kier molecular flexibility index (Phi) is 4.41. The largest absolute Gasteiger partial charge is 0.493 e. The molecule has 4 heteroatoms. The number of para-hydroxylation sites is 1. The molecular weight excluding hydrogens is 259 g/mol. The second-order valence-corrected chi connectivity index (χ2v) is 6.44. The fraction of sp³-hybridized carbons (Fsp3) is 0.200. The van der Waals surface area contributed by atoms with Gasteiger partial charge in [0.25, 0.3) is 7.37 Å². The highest BCUT2D eigenvalue weighted by Gasteiger charge is 2.30. The lowest BCUT2D eigenvalue weighted by Gasteiger charge is -2.19. The number of ether oxygens (including phenoxy) is 1. The third kappa shape index (κ3) is 2.73. The van der Waals surface area contributed by atoms with E-state index in [2.05, 4.69) is 0 Å². The molecule has 0 heterocycles. The summed E-state index contributed by atoms with van der Waals surface area (Å²) < 4.78 is 24.1. The van der Waals surface area contributed by atoms with Crippen molar-refractivity contribution in [3.8, 4) is 5.75 Å². The zero-order valence-corrected chi connectivity index (χ0v) is 12.0. The van der Waals surface area contributed by atoms with Crippen LogP contribution >= 0.6 is 7.37 Å². The van der Waals surface area contributed by atoms with Gasteiger partial charge in [0.2, 0.25) is 0 Å². The molecule has 0 radical (unpaired) electrons. The summed E-state index contributed by atoms with van der Waals surface area (Å²) in [6.07, 6.45) is 0. The predicted molar refractivity (Wildman–Crippen MR) is 77.9 cm³/mol. The maximum atomic E-state index is 13.2. The van der Waals surface area contributed by atoms with Gasteiger partial charge in [0.05, 0.1) is 11.9 Å². The van der Waals surface area contributed by atoms with Gasteiger partial charge in [0, 0.05) is 12.4 Å². The molecular formula is C15H17O3P. The van der Waals surface area contributed by atoms with E-state index >= 15 is 0 Å². The molecule has 2 aromatic rings. The molecule has 0 spiro atoms. The van der Waals surface area contributed by atoms with Crippen LogP contribution < -0.4 is 15.3 Å². The maximum Gasteiger partial charge on any atom is 0.264 e. The van der Waals surface area contributed by atoms with E-state index in [1.807, 2.05) is 55.5 Å². The first-order valence-electron chi connectivity index (χ1n) is 6.16. The topological polar surface area (TPSA) is 35.5 Å². The highest BCUT2D eigenvalue weighted by Crippen LogP contribution is 2.46. The fourth-order valence-corrected chi connectivity index (χ4v) is 3.91.